The molecule has 22 heavy (non-hydrogen) atoms. The molecule has 120 valence electrons. The normalized spacial score (nSPS) is 20.0. The predicted molar refractivity (Wildman–Crippen MR) is 90.1 cm³/mol. The predicted octanol–water partition coefficient (Wildman–Crippen LogP) is 3.22. The first kappa shape index (κ1) is 15.8. The molecule has 2 aliphatic rings. The zero-order valence-corrected chi connectivity index (χ0v) is 13.9. The molecule has 1 heterocycles. The first-order valence-electron chi connectivity index (χ1n) is 8.48. The Labute approximate surface area is 138 Å². The molecular weight excluding hydrogens is 296 g/mol. The Hall–Kier alpha value is -1.06. The second-order valence-electron chi connectivity index (χ2n) is 6.52. The molecule has 0 unspecified atom stereocenters. The average molecular weight is 321 g/mol. The Morgan fingerprint density at radius 2 is 1.77 bits per heavy atom. The van der Waals surface area contributed by atoms with Crippen molar-refractivity contribution in [2.75, 3.05) is 32.7 Å². The number of rotatable bonds is 5. The summed E-state index contributed by atoms with van der Waals surface area (Å²) in [7, 11) is 0. The number of aryl methyl sites for hydroxylation is 1. The molecule has 0 N–H and O–H groups in total. The van der Waals surface area contributed by atoms with Crippen molar-refractivity contribution in [1.29, 1.82) is 0 Å². The molecule has 1 aromatic rings. The zero-order chi connectivity index (χ0) is 15.4. The summed E-state index contributed by atoms with van der Waals surface area (Å²) >= 11 is 5.90. The van der Waals surface area contributed by atoms with Crippen LogP contribution in [-0.2, 0) is 11.2 Å². The number of carbonyl (C=O) groups excluding carboxylic acids is 1. The highest BCUT2D eigenvalue weighted by atomic mass is 35.5. The Balaban J connectivity index is 1.35. The minimum Gasteiger partial charge on any atom is -0.340 e. The van der Waals surface area contributed by atoms with Gasteiger partial charge in [-0.3, -0.25) is 9.69 Å². The molecule has 1 amide bonds. The van der Waals surface area contributed by atoms with Gasteiger partial charge in [-0.25, -0.2) is 0 Å². The van der Waals surface area contributed by atoms with Crippen molar-refractivity contribution in [3.8, 4) is 0 Å². The van der Waals surface area contributed by atoms with Gasteiger partial charge in [0.05, 0.1) is 0 Å². The number of benzene rings is 1. The van der Waals surface area contributed by atoms with E-state index in [2.05, 4.69) is 21.9 Å². The smallest absolute Gasteiger partial charge is 0.225 e. The molecule has 1 saturated heterocycles. The van der Waals surface area contributed by atoms with Crippen molar-refractivity contribution in [2.24, 2.45) is 5.92 Å². The van der Waals surface area contributed by atoms with Gasteiger partial charge in [-0.05, 0) is 49.9 Å². The monoisotopic (exact) mass is 320 g/mol. The number of piperazine rings is 1. The van der Waals surface area contributed by atoms with Crippen LogP contribution >= 0.6 is 11.6 Å². The average Bonchev–Trinajstić information content (AvgIpc) is 2.48. The summed E-state index contributed by atoms with van der Waals surface area (Å²) in [6.07, 6.45) is 5.72. The molecule has 1 aliphatic heterocycles. The fourth-order valence-corrected chi connectivity index (χ4v) is 3.39. The molecular formula is C18H25ClN2O. The van der Waals surface area contributed by atoms with Gasteiger partial charge in [0, 0.05) is 37.1 Å². The van der Waals surface area contributed by atoms with Crippen LogP contribution in [0, 0.1) is 5.92 Å². The van der Waals surface area contributed by atoms with Gasteiger partial charge >= 0.3 is 0 Å². The molecule has 1 aromatic carbocycles. The van der Waals surface area contributed by atoms with Crippen LogP contribution in [0.2, 0.25) is 5.02 Å². The molecule has 4 heteroatoms. The summed E-state index contributed by atoms with van der Waals surface area (Å²) < 4.78 is 0. The molecule has 1 saturated carbocycles. The van der Waals surface area contributed by atoms with E-state index in [9.17, 15) is 4.79 Å². The lowest BCUT2D eigenvalue weighted by Gasteiger charge is -2.38. The molecule has 0 spiro atoms. The van der Waals surface area contributed by atoms with Crippen LogP contribution in [0.25, 0.3) is 0 Å². The van der Waals surface area contributed by atoms with Crippen LogP contribution in [0.1, 0.15) is 31.2 Å². The fourth-order valence-electron chi connectivity index (χ4n) is 3.26. The highest BCUT2D eigenvalue weighted by Crippen LogP contribution is 2.28. The largest absolute Gasteiger partial charge is 0.340 e. The van der Waals surface area contributed by atoms with Crippen LogP contribution in [0.15, 0.2) is 24.3 Å². The summed E-state index contributed by atoms with van der Waals surface area (Å²) in [5.74, 6) is 0.753. The number of hydrogen-bond donors (Lipinski definition) is 0. The van der Waals surface area contributed by atoms with E-state index in [-0.39, 0.29) is 0 Å². The molecule has 0 aromatic heterocycles. The van der Waals surface area contributed by atoms with Crippen molar-refractivity contribution in [3.05, 3.63) is 34.9 Å². The zero-order valence-electron chi connectivity index (χ0n) is 13.1. The topological polar surface area (TPSA) is 23.6 Å². The van der Waals surface area contributed by atoms with E-state index in [1.54, 1.807) is 0 Å². The fraction of sp³-hybridized carbons (Fsp3) is 0.611. The number of carbonyl (C=O) groups is 1. The summed E-state index contributed by atoms with van der Waals surface area (Å²) in [5.41, 5.74) is 1.35. The van der Waals surface area contributed by atoms with E-state index in [1.165, 1.54) is 12.0 Å². The lowest BCUT2D eigenvalue weighted by molar-refractivity contribution is -0.139. The molecule has 3 rings (SSSR count). The van der Waals surface area contributed by atoms with Crippen molar-refractivity contribution in [2.45, 2.75) is 32.1 Å². The van der Waals surface area contributed by atoms with Crippen molar-refractivity contribution in [3.63, 3.8) is 0 Å². The van der Waals surface area contributed by atoms with Gasteiger partial charge in [-0.2, -0.15) is 0 Å². The number of amides is 1. The summed E-state index contributed by atoms with van der Waals surface area (Å²) in [6, 6.07) is 8.14. The molecule has 2 fully saturated rings. The number of halogens is 1. The molecule has 1 aliphatic carbocycles. The van der Waals surface area contributed by atoms with Crippen LogP contribution in [-0.4, -0.2) is 48.4 Å². The lowest BCUT2D eigenvalue weighted by atomic mass is 9.84. The minimum atomic E-state index is 0.344. The highest BCUT2D eigenvalue weighted by molar-refractivity contribution is 6.30. The van der Waals surface area contributed by atoms with E-state index in [1.807, 2.05) is 12.1 Å². The lowest BCUT2D eigenvalue weighted by Crippen LogP contribution is -2.51. The van der Waals surface area contributed by atoms with Crippen LogP contribution < -0.4 is 0 Å². The molecule has 3 nitrogen and oxygen atoms in total. The second-order valence-corrected chi connectivity index (χ2v) is 6.96. The van der Waals surface area contributed by atoms with E-state index in [0.717, 1.165) is 63.4 Å². The van der Waals surface area contributed by atoms with Crippen LogP contribution in [0.5, 0.6) is 0 Å². The van der Waals surface area contributed by atoms with Crippen molar-refractivity contribution < 1.29 is 4.79 Å². The van der Waals surface area contributed by atoms with Gasteiger partial charge in [0.2, 0.25) is 5.91 Å². The van der Waals surface area contributed by atoms with E-state index < -0.39 is 0 Å². The Morgan fingerprint density at radius 3 is 2.36 bits per heavy atom. The molecule has 0 atom stereocenters. The third-order valence-electron chi connectivity index (χ3n) is 4.99. The Morgan fingerprint density at radius 1 is 1.09 bits per heavy atom. The molecule has 0 bridgehead atoms. The SMILES string of the molecule is O=C(C1CCC1)N1CCN(CCCc2ccc(Cl)cc2)CC1. The van der Waals surface area contributed by atoms with Crippen LogP contribution in [0.4, 0.5) is 0 Å². The highest BCUT2D eigenvalue weighted by Gasteiger charge is 2.30. The van der Waals surface area contributed by atoms with Gasteiger partial charge < -0.3 is 4.90 Å². The van der Waals surface area contributed by atoms with Crippen LogP contribution in [0.3, 0.4) is 0 Å². The van der Waals surface area contributed by atoms with Crippen molar-refractivity contribution in [1.82, 2.24) is 9.80 Å². The van der Waals surface area contributed by atoms with Gasteiger partial charge in [-0.1, -0.05) is 30.2 Å². The van der Waals surface area contributed by atoms with Gasteiger partial charge in [0.15, 0.2) is 0 Å². The minimum absolute atomic E-state index is 0.344. The maximum absolute atomic E-state index is 12.2. The Kier molecular flexibility index (Phi) is 5.37. The number of nitrogens with zero attached hydrogens (tertiary/aromatic N) is 2. The molecule has 0 radical (unpaired) electrons. The summed E-state index contributed by atoms with van der Waals surface area (Å²) in [4.78, 5) is 16.8. The van der Waals surface area contributed by atoms with E-state index in [4.69, 9.17) is 11.6 Å². The third kappa shape index (κ3) is 4.02. The van der Waals surface area contributed by atoms with E-state index >= 15 is 0 Å². The van der Waals surface area contributed by atoms with Gasteiger partial charge in [0.25, 0.3) is 0 Å². The summed E-state index contributed by atoms with van der Waals surface area (Å²) in [5, 5.41) is 0.802. The Bertz CT molecular complexity index is 490. The quantitative estimate of drug-likeness (QED) is 0.831. The maximum atomic E-state index is 12.2. The van der Waals surface area contributed by atoms with Gasteiger partial charge in [0.1, 0.15) is 0 Å². The summed E-state index contributed by atoms with van der Waals surface area (Å²) in [6.45, 7) is 5.00. The second kappa shape index (κ2) is 7.47. The first-order chi connectivity index (χ1) is 10.7. The standard InChI is InChI=1S/C18H25ClN2O/c19-17-8-6-15(7-9-17)3-2-10-20-11-13-21(14-12-20)18(22)16-4-1-5-16/h6-9,16H,1-5,10-14H2. The number of hydrogen-bond acceptors (Lipinski definition) is 2. The van der Waals surface area contributed by atoms with E-state index in [0.29, 0.717) is 11.8 Å². The third-order valence-corrected chi connectivity index (χ3v) is 5.24. The maximum Gasteiger partial charge on any atom is 0.225 e. The van der Waals surface area contributed by atoms with Gasteiger partial charge in [-0.15, -0.1) is 0 Å². The van der Waals surface area contributed by atoms with Crippen molar-refractivity contribution >= 4 is 17.5 Å². The first-order valence-corrected chi connectivity index (χ1v) is 8.86.